The smallest absolute Gasteiger partial charge is 0.354 e. The Morgan fingerprint density at radius 2 is 0.848 bits per heavy atom. The van der Waals surface area contributed by atoms with E-state index in [0.29, 0.717) is 244 Å². The number of nitrogens with one attached hydrogen (secondary N) is 10. The van der Waals surface area contributed by atoms with Gasteiger partial charge >= 0.3 is 41.9 Å². The van der Waals surface area contributed by atoms with Crippen LogP contribution in [0.3, 0.4) is 0 Å². The maximum atomic E-state index is 13.7. The van der Waals surface area contributed by atoms with Gasteiger partial charge in [-0.25, -0.2) is 38.7 Å². The first-order valence-electron chi connectivity index (χ1n) is 48.7. The van der Waals surface area contributed by atoms with Crippen molar-refractivity contribution in [2.75, 3.05) is 268 Å². The van der Waals surface area contributed by atoms with E-state index in [0.717, 1.165) is 9.13 Å². The number of aromatic carboxylic acids is 2. The fraction of sp³-hybridized carbons (Fsp3) is 0.621. The van der Waals surface area contributed by atoms with Crippen molar-refractivity contribution in [3.63, 3.8) is 0 Å². The number of rotatable bonds is 75. The average molecular weight is 2180 g/mol. The van der Waals surface area contributed by atoms with E-state index in [2.05, 4.69) is 101 Å². The summed E-state index contributed by atoms with van der Waals surface area (Å²) >= 11 is 7.87. The number of ether oxygens (including phenoxy) is 15. The highest BCUT2D eigenvalue weighted by molar-refractivity contribution is 14.1. The van der Waals surface area contributed by atoms with E-state index < -0.39 is 77.8 Å². The number of hydrogen-bond acceptors (Lipinski definition) is 33. The fourth-order valence-electron chi connectivity index (χ4n) is 13.5. The second kappa shape index (κ2) is 78.7. The molecule has 0 unspecified atom stereocenters. The van der Waals surface area contributed by atoms with Crippen molar-refractivity contribution >= 4 is 117 Å². The SMILES string of the molecule is O=C(O)CCCNC(=O)N[C@@H](CCCCNC(=O)Nc1cccc(-c2cnn(CCOCCOCCOCCC(=O)N[C@@H](CCCCNC(=S)Nc3cc(CN4CCOCCOCCN(Cc5cccc(C(=O)O)n5)CCOCCOCC4)nc(C(=O)O)c3)C(=O)NCCOCCOCCOCCOCCOCCOCCOCCOCCC(=O)N[C@@H](CCCCNC(=O)Cc3ccc(I)cc3)C(=O)O)n2)c1)C(=O)O. The first-order valence-corrected chi connectivity index (χ1v) is 50.2. The summed E-state index contributed by atoms with van der Waals surface area (Å²) in [7, 11) is 0. The summed E-state index contributed by atoms with van der Waals surface area (Å²) in [4.78, 5) is 149. The van der Waals surface area contributed by atoms with Crippen molar-refractivity contribution in [1.82, 2.24) is 77.3 Å². The molecule has 2 aromatic carbocycles. The largest absolute Gasteiger partial charge is 0.481 e. The second-order valence-corrected chi connectivity index (χ2v) is 34.2. The van der Waals surface area contributed by atoms with Gasteiger partial charge in [0.1, 0.15) is 29.5 Å². The number of aliphatic carboxylic acids is 3. The van der Waals surface area contributed by atoms with Crippen LogP contribution >= 0.6 is 34.8 Å². The van der Waals surface area contributed by atoms with Crippen LogP contribution in [0.5, 0.6) is 0 Å². The highest BCUT2D eigenvalue weighted by Gasteiger charge is 2.25. The summed E-state index contributed by atoms with van der Waals surface area (Å²) in [6.45, 7) is 13.0. The first-order chi connectivity index (χ1) is 70.4. The molecule has 3 aromatic heterocycles. The van der Waals surface area contributed by atoms with Gasteiger partial charge in [-0.05, 0) is 153 Å². The standard InChI is InChI=1S/C95H144IN17O31S/c96-73-20-18-71(19-21-73)64-86(116)97-24-4-2-14-80(90(122)123)108-85(115)23-35-131-43-51-139-54-56-141-58-60-143-62-63-144-61-59-142-57-55-140-52-44-132-36-28-98-88(119)78(13-1-6-26-101-95(145)106-76-66-77(104-82(67-76)92(126)127)70-112-31-39-135-47-45-133-37-29-111(30-38-134-46-48-136-40-32-112)69-75-12-8-16-79(103-75)89(120)121)107-84(114)22-34-130-42-50-138-53-49-137-41-33-113-102-68-83(110-113)72-10-7-11-74(65-72)105-93(128)99-25-5-3-15-81(91(124)125)109-94(129)100-27-9-17-87(117)118/h7-8,10-12,16,18-21,65-68,78,80-81H,1-6,9,13-15,17,22-64,69-70H2,(H,97,116)(H,98,119)(H,107,114)(H,108,115)(H,117,118)(H,120,121)(H,122,123)(H,124,125)(H,126,127)(H2,99,105,128)(H2,100,109,129)(H2,101,104,106,145)/t78-,80-,81-/m0/s1. The number of aromatic nitrogens is 5. The van der Waals surface area contributed by atoms with Crippen LogP contribution in [0.2, 0.25) is 0 Å². The van der Waals surface area contributed by atoms with Crippen LogP contribution in [-0.4, -0.2) is 406 Å². The van der Waals surface area contributed by atoms with Gasteiger partial charge in [0, 0.05) is 112 Å². The number of carbonyl (C=O) groups excluding carboxylic acids is 6. The van der Waals surface area contributed by atoms with Crippen LogP contribution in [0.25, 0.3) is 11.3 Å². The van der Waals surface area contributed by atoms with Crippen molar-refractivity contribution in [1.29, 1.82) is 0 Å². The van der Waals surface area contributed by atoms with Crippen LogP contribution in [0.15, 0.2) is 85.1 Å². The highest BCUT2D eigenvalue weighted by Crippen LogP contribution is 2.22. The molecule has 1 saturated heterocycles. The minimum absolute atomic E-state index is 0.00527. The fourth-order valence-corrected chi connectivity index (χ4v) is 14.1. The summed E-state index contributed by atoms with van der Waals surface area (Å²) in [5, 5.41) is 84.2. The van der Waals surface area contributed by atoms with Gasteiger partial charge in [0.25, 0.3) is 0 Å². The van der Waals surface area contributed by atoms with Gasteiger partial charge in [0.05, 0.1) is 229 Å². The van der Waals surface area contributed by atoms with Crippen LogP contribution in [0, 0.1) is 3.57 Å². The molecule has 4 heterocycles. The first kappa shape index (κ1) is 123. The molecule has 15 N–H and O–H groups in total. The Bertz CT molecular complexity index is 4530. The average Bonchev–Trinajstić information content (AvgIpc) is 1.54. The Kier molecular flexibility index (Phi) is 66.8. The van der Waals surface area contributed by atoms with E-state index in [1.807, 2.05) is 35.2 Å². The minimum Gasteiger partial charge on any atom is -0.481 e. The lowest BCUT2D eigenvalue weighted by Crippen LogP contribution is -2.47. The number of amides is 8. The van der Waals surface area contributed by atoms with E-state index in [-0.39, 0.29) is 179 Å². The predicted molar refractivity (Wildman–Crippen MR) is 538 cm³/mol. The molecule has 1 fully saturated rings. The topological polar surface area (TPSA) is 611 Å². The normalized spacial score (nSPS) is 13.7. The van der Waals surface area contributed by atoms with E-state index in [9.17, 15) is 73.2 Å². The number of urea groups is 2. The number of thiocarbonyl (C=S) groups is 1. The molecule has 5 aromatic rings. The zero-order valence-corrected chi connectivity index (χ0v) is 85.2. The van der Waals surface area contributed by atoms with Crippen molar-refractivity contribution in [2.24, 2.45) is 0 Å². The molecule has 0 aliphatic carbocycles. The third-order valence-electron chi connectivity index (χ3n) is 21.0. The summed E-state index contributed by atoms with van der Waals surface area (Å²) < 4.78 is 86.5. The van der Waals surface area contributed by atoms with Gasteiger partial charge in [-0.2, -0.15) is 15.0 Å². The van der Waals surface area contributed by atoms with E-state index in [1.165, 1.54) is 16.9 Å². The van der Waals surface area contributed by atoms with Crippen molar-refractivity contribution in [3.8, 4) is 11.3 Å². The molecule has 3 atom stereocenters. The third-order valence-corrected chi connectivity index (χ3v) is 22.0. The quantitative estimate of drug-likeness (QED) is 0.0149. The summed E-state index contributed by atoms with van der Waals surface area (Å²) in [5.41, 5.74) is 3.88. The van der Waals surface area contributed by atoms with E-state index >= 15 is 0 Å². The van der Waals surface area contributed by atoms with Crippen LogP contribution in [-0.2, 0) is 131 Å². The Morgan fingerprint density at radius 3 is 1.37 bits per heavy atom. The van der Waals surface area contributed by atoms with Gasteiger partial charge in [0.15, 0.2) is 10.8 Å². The number of anilines is 2. The number of hydrogen-bond donors (Lipinski definition) is 15. The molecule has 8 amide bonds. The Labute approximate surface area is 862 Å². The van der Waals surface area contributed by atoms with Gasteiger partial charge in [-0.1, -0.05) is 30.3 Å². The van der Waals surface area contributed by atoms with Crippen LogP contribution < -0.4 is 53.2 Å². The number of carboxylic acids is 5. The molecule has 48 nitrogen and oxygen atoms in total. The molecule has 50 heteroatoms. The lowest BCUT2D eigenvalue weighted by atomic mass is 10.1. The summed E-state index contributed by atoms with van der Waals surface area (Å²) in [6, 6.07) is 18.4. The number of pyridine rings is 2. The van der Waals surface area contributed by atoms with Gasteiger partial charge < -0.3 is 150 Å². The van der Waals surface area contributed by atoms with Crippen molar-refractivity contribution in [2.45, 2.75) is 128 Å². The number of benzene rings is 2. The number of halogens is 1. The number of unbranched alkanes of at least 4 members (excludes halogenated alkanes) is 3. The molecule has 0 radical (unpaired) electrons. The number of carboxylic acid groups (broad SMARTS) is 5. The highest BCUT2D eigenvalue weighted by atomic mass is 127. The third kappa shape index (κ3) is 61.6. The molecule has 0 saturated carbocycles. The maximum Gasteiger partial charge on any atom is 0.354 e. The molecule has 145 heavy (non-hydrogen) atoms. The van der Waals surface area contributed by atoms with E-state index in [1.54, 1.807) is 42.6 Å². The van der Waals surface area contributed by atoms with Crippen molar-refractivity contribution in [3.05, 3.63) is 117 Å². The molecule has 0 spiro atoms. The van der Waals surface area contributed by atoms with Crippen LogP contribution in [0.4, 0.5) is 21.0 Å². The molecular formula is C95H144IN17O31S. The second-order valence-electron chi connectivity index (χ2n) is 32.6. The molecule has 1 aliphatic heterocycles. The molecule has 0 bridgehead atoms. The molecule has 808 valence electrons. The van der Waals surface area contributed by atoms with Gasteiger partial charge in [-0.3, -0.25) is 33.8 Å². The Balaban J connectivity index is 0.823. The molecule has 1 aliphatic rings. The van der Waals surface area contributed by atoms with Gasteiger partial charge in [0.2, 0.25) is 23.6 Å². The summed E-state index contributed by atoms with van der Waals surface area (Å²) in [5.74, 6) is -7.06. The Hall–Kier alpha value is -10.6. The zero-order valence-electron chi connectivity index (χ0n) is 82.2. The monoisotopic (exact) mass is 2180 g/mol. The lowest BCUT2D eigenvalue weighted by molar-refractivity contribution is -0.142. The maximum absolute atomic E-state index is 13.7. The zero-order chi connectivity index (χ0) is 104. The predicted octanol–water partition coefficient (Wildman–Crippen LogP) is 3.85. The van der Waals surface area contributed by atoms with Crippen LogP contribution in [0.1, 0.15) is 121 Å². The summed E-state index contributed by atoms with van der Waals surface area (Å²) in [6.07, 6.45) is 5.34. The molecule has 6 rings (SSSR count). The number of carbonyl (C=O) groups is 11. The van der Waals surface area contributed by atoms with E-state index in [4.69, 9.17) is 88.4 Å². The Morgan fingerprint density at radius 1 is 0.400 bits per heavy atom. The minimum atomic E-state index is -1.24. The lowest BCUT2D eigenvalue weighted by Gasteiger charge is -2.23. The molecular weight excluding hydrogens is 2030 g/mol. The van der Waals surface area contributed by atoms with Crippen molar-refractivity contribution < 1.29 is 149 Å². The number of nitrogens with zero attached hydrogens (tertiary/aromatic N) is 7. The van der Waals surface area contributed by atoms with Gasteiger partial charge in [-0.15, -0.1) is 0 Å².